The van der Waals surface area contributed by atoms with Gasteiger partial charge in [0.15, 0.2) is 0 Å². The topological polar surface area (TPSA) is 34.2 Å². The van der Waals surface area contributed by atoms with Crippen molar-refractivity contribution in [2.75, 3.05) is 13.7 Å². The number of pyridine rings is 1. The Morgan fingerprint density at radius 3 is 3.00 bits per heavy atom. The van der Waals surface area contributed by atoms with Crippen LogP contribution in [0.15, 0.2) is 18.3 Å². The predicted octanol–water partition coefficient (Wildman–Crippen LogP) is 2.93. The summed E-state index contributed by atoms with van der Waals surface area (Å²) in [5, 5.41) is 3.53. The van der Waals surface area contributed by atoms with Crippen molar-refractivity contribution in [3.8, 4) is 17.7 Å². The highest BCUT2D eigenvalue weighted by Gasteiger charge is 2.15. The molecule has 3 nitrogen and oxygen atoms in total. The molecular formula is C15H22N2O. The Morgan fingerprint density at radius 1 is 1.50 bits per heavy atom. The lowest BCUT2D eigenvalue weighted by Crippen LogP contribution is -2.22. The predicted molar refractivity (Wildman–Crippen MR) is 74.5 cm³/mol. The van der Waals surface area contributed by atoms with Crippen molar-refractivity contribution in [1.82, 2.24) is 10.3 Å². The molecule has 1 rings (SSSR count). The maximum atomic E-state index is 5.33. The minimum absolute atomic E-state index is 0.259. The van der Waals surface area contributed by atoms with Crippen molar-refractivity contribution in [3.63, 3.8) is 0 Å². The maximum Gasteiger partial charge on any atom is 0.217 e. The minimum atomic E-state index is 0.259. The van der Waals surface area contributed by atoms with Gasteiger partial charge in [0.05, 0.1) is 7.11 Å². The van der Waals surface area contributed by atoms with Crippen LogP contribution >= 0.6 is 0 Å². The fraction of sp³-hybridized carbons (Fsp3) is 0.533. The SMILES string of the molecule is CC#CCCC(NCCC)c1cccnc1OC. The van der Waals surface area contributed by atoms with Crippen LogP contribution in [0, 0.1) is 11.8 Å². The molecule has 1 unspecified atom stereocenters. The Hall–Kier alpha value is -1.53. The molecule has 0 spiro atoms. The van der Waals surface area contributed by atoms with Gasteiger partial charge in [0.25, 0.3) is 0 Å². The quantitative estimate of drug-likeness (QED) is 0.751. The van der Waals surface area contributed by atoms with E-state index in [0.29, 0.717) is 5.88 Å². The summed E-state index contributed by atoms with van der Waals surface area (Å²) in [6, 6.07) is 4.28. The van der Waals surface area contributed by atoms with Gasteiger partial charge in [-0.2, -0.15) is 0 Å². The molecule has 1 aromatic rings. The maximum absolute atomic E-state index is 5.33. The number of ether oxygens (including phenoxy) is 1. The van der Waals surface area contributed by atoms with Crippen molar-refractivity contribution in [1.29, 1.82) is 0 Å². The molecule has 1 atom stereocenters. The molecule has 0 aliphatic heterocycles. The van der Waals surface area contributed by atoms with Gasteiger partial charge in [-0.05, 0) is 32.4 Å². The lowest BCUT2D eigenvalue weighted by molar-refractivity contribution is 0.379. The molecule has 1 heterocycles. The molecule has 0 saturated heterocycles. The van der Waals surface area contributed by atoms with Crippen LogP contribution in [-0.2, 0) is 0 Å². The van der Waals surface area contributed by atoms with Gasteiger partial charge in [-0.15, -0.1) is 11.8 Å². The molecule has 0 amide bonds. The normalized spacial score (nSPS) is 11.5. The number of nitrogens with one attached hydrogen (secondary N) is 1. The summed E-state index contributed by atoms with van der Waals surface area (Å²) >= 11 is 0. The van der Waals surface area contributed by atoms with Crippen LogP contribution in [0.2, 0.25) is 0 Å². The van der Waals surface area contributed by atoms with Gasteiger partial charge in [0.2, 0.25) is 5.88 Å². The molecule has 0 fully saturated rings. The largest absolute Gasteiger partial charge is 0.481 e. The van der Waals surface area contributed by atoms with E-state index in [2.05, 4.69) is 35.1 Å². The molecule has 0 aromatic carbocycles. The van der Waals surface area contributed by atoms with Crippen LogP contribution in [-0.4, -0.2) is 18.6 Å². The highest BCUT2D eigenvalue weighted by atomic mass is 16.5. The standard InChI is InChI=1S/C15H22N2O/c1-4-6-7-10-14(16-11-5-2)13-9-8-12-17-15(13)18-3/h8-9,12,14,16H,5,7,10-11H2,1-3H3. The molecule has 98 valence electrons. The van der Waals surface area contributed by atoms with E-state index in [9.17, 15) is 0 Å². The third kappa shape index (κ3) is 4.38. The number of nitrogens with zero attached hydrogens (tertiary/aromatic N) is 1. The Labute approximate surface area is 110 Å². The first-order chi connectivity index (χ1) is 8.83. The van der Waals surface area contributed by atoms with Gasteiger partial charge in [0.1, 0.15) is 0 Å². The molecule has 0 radical (unpaired) electrons. The van der Waals surface area contributed by atoms with Gasteiger partial charge in [-0.3, -0.25) is 0 Å². The molecule has 0 aliphatic rings. The number of hydrogen-bond donors (Lipinski definition) is 1. The summed E-state index contributed by atoms with van der Waals surface area (Å²) in [6.07, 6.45) is 4.72. The van der Waals surface area contributed by atoms with E-state index in [1.165, 1.54) is 0 Å². The lowest BCUT2D eigenvalue weighted by Gasteiger charge is -2.19. The van der Waals surface area contributed by atoms with Crippen molar-refractivity contribution in [2.24, 2.45) is 0 Å². The summed E-state index contributed by atoms with van der Waals surface area (Å²) in [5.74, 6) is 6.75. The van der Waals surface area contributed by atoms with Crippen LogP contribution in [0.25, 0.3) is 0 Å². The second kappa shape index (κ2) is 8.54. The smallest absolute Gasteiger partial charge is 0.217 e. The summed E-state index contributed by atoms with van der Waals surface area (Å²) in [7, 11) is 1.66. The molecule has 0 bridgehead atoms. The Bertz CT molecular complexity index is 406. The van der Waals surface area contributed by atoms with E-state index < -0.39 is 0 Å². The summed E-state index contributed by atoms with van der Waals surface area (Å²) in [6.45, 7) is 5.03. The molecule has 0 aliphatic carbocycles. The molecule has 1 N–H and O–H groups in total. The van der Waals surface area contributed by atoms with Crippen LogP contribution in [0.4, 0.5) is 0 Å². The third-order valence-corrected chi connectivity index (χ3v) is 2.74. The molecule has 0 saturated carbocycles. The van der Waals surface area contributed by atoms with E-state index >= 15 is 0 Å². The lowest BCUT2D eigenvalue weighted by atomic mass is 10.0. The molecule has 3 heteroatoms. The zero-order valence-electron chi connectivity index (χ0n) is 11.5. The average Bonchev–Trinajstić information content (AvgIpc) is 2.42. The molecule has 18 heavy (non-hydrogen) atoms. The zero-order chi connectivity index (χ0) is 13.2. The van der Waals surface area contributed by atoms with Crippen molar-refractivity contribution >= 4 is 0 Å². The fourth-order valence-electron chi connectivity index (χ4n) is 1.87. The average molecular weight is 246 g/mol. The molecular weight excluding hydrogens is 224 g/mol. The first kappa shape index (κ1) is 14.5. The zero-order valence-corrected chi connectivity index (χ0v) is 11.5. The van der Waals surface area contributed by atoms with Crippen LogP contribution in [0.5, 0.6) is 5.88 Å². The highest BCUT2D eigenvalue weighted by Crippen LogP contribution is 2.25. The van der Waals surface area contributed by atoms with Gasteiger partial charge in [0, 0.05) is 24.2 Å². The molecule has 1 aromatic heterocycles. The third-order valence-electron chi connectivity index (χ3n) is 2.74. The number of rotatable bonds is 7. The van der Waals surface area contributed by atoms with E-state index in [0.717, 1.165) is 31.4 Å². The second-order valence-electron chi connectivity index (χ2n) is 4.07. The minimum Gasteiger partial charge on any atom is -0.481 e. The Morgan fingerprint density at radius 2 is 2.33 bits per heavy atom. The fourth-order valence-corrected chi connectivity index (χ4v) is 1.87. The van der Waals surface area contributed by atoms with Gasteiger partial charge in [-0.1, -0.05) is 13.0 Å². The first-order valence-electron chi connectivity index (χ1n) is 6.45. The summed E-state index contributed by atoms with van der Waals surface area (Å²) < 4.78 is 5.33. The monoisotopic (exact) mass is 246 g/mol. The van der Waals surface area contributed by atoms with Crippen molar-refractivity contribution in [3.05, 3.63) is 23.9 Å². The van der Waals surface area contributed by atoms with Crippen molar-refractivity contribution < 1.29 is 4.74 Å². The number of aromatic nitrogens is 1. The summed E-state index contributed by atoms with van der Waals surface area (Å²) in [5.41, 5.74) is 1.12. The number of methoxy groups -OCH3 is 1. The van der Waals surface area contributed by atoms with Gasteiger partial charge >= 0.3 is 0 Å². The van der Waals surface area contributed by atoms with E-state index in [1.54, 1.807) is 13.3 Å². The van der Waals surface area contributed by atoms with Crippen LogP contribution in [0.3, 0.4) is 0 Å². The second-order valence-corrected chi connectivity index (χ2v) is 4.07. The van der Waals surface area contributed by atoms with E-state index in [1.807, 2.05) is 13.0 Å². The van der Waals surface area contributed by atoms with E-state index in [4.69, 9.17) is 4.74 Å². The van der Waals surface area contributed by atoms with Gasteiger partial charge < -0.3 is 10.1 Å². The Kier molecular flexibility index (Phi) is 6.90. The highest BCUT2D eigenvalue weighted by molar-refractivity contribution is 5.29. The summed E-state index contributed by atoms with van der Waals surface area (Å²) in [4.78, 5) is 4.26. The van der Waals surface area contributed by atoms with E-state index in [-0.39, 0.29) is 6.04 Å². The first-order valence-corrected chi connectivity index (χ1v) is 6.45. The Balaban J connectivity index is 2.81. The van der Waals surface area contributed by atoms with Gasteiger partial charge in [-0.25, -0.2) is 4.98 Å². The van der Waals surface area contributed by atoms with Crippen LogP contribution < -0.4 is 10.1 Å². The number of hydrogen-bond acceptors (Lipinski definition) is 3. The van der Waals surface area contributed by atoms with Crippen molar-refractivity contribution in [2.45, 2.75) is 39.2 Å². The van der Waals surface area contributed by atoms with Crippen LogP contribution in [0.1, 0.15) is 44.7 Å².